The third kappa shape index (κ3) is 2.92. The van der Waals surface area contributed by atoms with Crippen LogP contribution in [-0.4, -0.2) is 22.6 Å². The van der Waals surface area contributed by atoms with Gasteiger partial charge in [0, 0.05) is 4.88 Å². The molecule has 1 aliphatic rings. The lowest BCUT2D eigenvalue weighted by Gasteiger charge is -2.33. The van der Waals surface area contributed by atoms with Gasteiger partial charge in [-0.2, -0.15) is 0 Å². The second-order valence-electron chi connectivity index (χ2n) is 7.24. The molecule has 0 radical (unpaired) electrons. The molecule has 124 valence electrons. The van der Waals surface area contributed by atoms with Gasteiger partial charge in [0.1, 0.15) is 11.4 Å². The maximum absolute atomic E-state index is 12.7. The van der Waals surface area contributed by atoms with Gasteiger partial charge in [0.2, 0.25) is 0 Å². The van der Waals surface area contributed by atoms with E-state index in [1.807, 2.05) is 0 Å². The Balaban J connectivity index is 2.04. The van der Waals surface area contributed by atoms with Gasteiger partial charge in [0.25, 0.3) is 5.56 Å². The molecule has 23 heavy (non-hydrogen) atoms. The molecular weight excluding hydrogens is 312 g/mol. The molecule has 3 rings (SSSR count). The third-order valence-electron chi connectivity index (χ3n) is 4.79. The molecule has 1 aliphatic carbocycles. The van der Waals surface area contributed by atoms with Gasteiger partial charge in [-0.25, -0.2) is 4.98 Å². The number of aromatic nitrogens is 2. The first kappa shape index (κ1) is 16.2. The minimum atomic E-state index is -0.440. The number of hydrogen-bond donors (Lipinski definition) is 0. The van der Waals surface area contributed by atoms with Crippen molar-refractivity contribution in [3.63, 3.8) is 0 Å². The maximum atomic E-state index is 12.7. The molecule has 0 amide bonds. The van der Waals surface area contributed by atoms with Crippen molar-refractivity contribution in [2.45, 2.75) is 46.6 Å². The van der Waals surface area contributed by atoms with Crippen molar-refractivity contribution in [3.8, 4) is 0 Å². The van der Waals surface area contributed by atoms with E-state index in [1.165, 1.54) is 22.9 Å². The molecule has 6 heteroatoms. The zero-order valence-corrected chi connectivity index (χ0v) is 14.8. The van der Waals surface area contributed by atoms with Gasteiger partial charge in [-0.05, 0) is 36.2 Å². The van der Waals surface area contributed by atoms with E-state index in [0.717, 1.165) is 29.7 Å². The summed E-state index contributed by atoms with van der Waals surface area (Å²) in [6.07, 6.45) is 4.46. The predicted octanol–water partition coefficient (Wildman–Crippen LogP) is 2.78. The number of fused-ring (bicyclic) bond motifs is 3. The van der Waals surface area contributed by atoms with Crippen LogP contribution in [0, 0.1) is 11.3 Å². The van der Waals surface area contributed by atoms with E-state index in [4.69, 9.17) is 0 Å². The third-order valence-corrected chi connectivity index (χ3v) is 5.95. The molecule has 0 saturated carbocycles. The van der Waals surface area contributed by atoms with E-state index in [9.17, 15) is 9.59 Å². The first-order chi connectivity index (χ1) is 10.8. The molecule has 0 N–H and O–H groups in total. The van der Waals surface area contributed by atoms with Crippen molar-refractivity contribution in [1.82, 2.24) is 9.55 Å². The summed E-state index contributed by atoms with van der Waals surface area (Å²) in [6, 6.07) is 0. The van der Waals surface area contributed by atoms with Crippen LogP contribution in [0.4, 0.5) is 0 Å². The minimum Gasteiger partial charge on any atom is -0.468 e. The van der Waals surface area contributed by atoms with Gasteiger partial charge in [-0.3, -0.25) is 14.2 Å². The summed E-state index contributed by atoms with van der Waals surface area (Å²) in [5, 5.41) is 0.698. The van der Waals surface area contributed by atoms with E-state index in [2.05, 4.69) is 30.5 Å². The second kappa shape index (κ2) is 5.74. The monoisotopic (exact) mass is 334 g/mol. The fraction of sp³-hybridized carbons (Fsp3) is 0.588. The molecule has 5 nitrogen and oxygen atoms in total. The van der Waals surface area contributed by atoms with Crippen molar-refractivity contribution in [2.24, 2.45) is 11.3 Å². The van der Waals surface area contributed by atoms with Gasteiger partial charge in [0.15, 0.2) is 0 Å². The van der Waals surface area contributed by atoms with Crippen molar-refractivity contribution < 1.29 is 9.53 Å². The van der Waals surface area contributed by atoms with Crippen LogP contribution >= 0.6 is 11.3 Å². The maximum Gasteiger partial charge on any atom is 0.325 e. The Hall–Kier alpha value is -1.69. The Morgan fingerprint density at radius 3 is 2.87 bits per heavy atom. The Kier molecular flexibility index (Phi) is 4.04. The number of thiophene rings is 1. The fourth-order valence-electron chi connectivity index (χ4n) is 3.26. The van der Waals surface area contributed by atoms with Crippen LogP contribution in [0.2, 0.25) is 0 Å². The van der Waals surface area contributed by atoms with Crippen molar-refractivity contribution in [3.05, 3.63) is 27.1 Å². The number of methoxy groups -OCH3 is 1. The molecule has 0 saturated heterocycles. The average Bonchev–Trinajstić information content (AvgIpc) is 2.87. The molecule has 0 aromatic carbocycles. The summed E-state index contributed by atoms with van der Waals surface area (Å²) < 4.78 is 5.99. The van der Waals surface area contributed by atoms with Crippen LogP contribution in [0.15, 0.2) is 11.1 Å². The SMILES string of the molecule is COC(=O)Cn1cnc2sc3c(c2c1=O)CCC(C(C)(C)C)C3. The van der Waals surface area contributed by atoms with Gasteiger partial charge in [-0.1, -0.05) is 20.8 Å². The Labute approximate surface area is 139 Å². The molecule has 1 atom stereocenters. The molecule has 2 heterocycles. The smallest absolute Gasteiger partial charge is 0.325 e. The normalized spacial score (nSPS) is 18.0. The Bertz CT molecular complexity index is 814. The first-order valence-corrected chi connectivity index (χ1v) is 8.69. The number of carbonyl (C=O) groups is 1. The van der Waals surface area contributed by atoms with Gasteiger partial charge in [-0.15, -0.1) is 11.3 Å². The second-order valence-corrected chi connectivity index (χ2v) is 8.33. The van der Waals surface area contributed by atoms with Crippen molar-refractivity contribution in [2.75, 3.05) is 7.11 Å². The number of carbonyl (C=O) groups excluding carboxylic acids is 1. The Morgan fingerprint density at radius 1 is 1.48 bits per heavy atom. The van der Waals surface area contributed by atoms with Crippen LogP contribution in [0.5, 0.6) is 0 Å². The summed E-state index contributed by atoms with van der Waals surface area (Å²) in [6.45, 7) is 6.74. The number of nitrogens with zero attached hydrogens (tertiary/aromatic N) is 2. The molecule has 2 aromatic heterocycles. The summed E-state index contributed by atoms with van der Waals surface area (Å²) in [5.41, 5.74) is 1.28. The molecule has 0 fully saturated rings. The van der Waals surface area contributed by atoms with Crippen molar-refractivity contribution in [1.29, 1.82) is 0 Å². The van der Waals surface area contributed by atoms with E-state index >= 15 is 0 Å². The van der Waals surface area contributed by atoms with Crippen LogP contribution < -0.4 is 5.56 Å². The highest BCUT2D eigenvalue weighted by Gasteiger charge is 2.31. The molecule has 0 bridgehead atoms. The van der Waals surface area contributed by atoms with Gasteiger partial charge >= 0.3 is 5.97 Å². The number of ether oxygens (including phenoxy) is 1. The number of esters is 1. The highest BCUT2D eigenvalue weighted by atomic mass is 32.1. The highest BCUT2D eigenvalue weighted by Crippen LogP contribution is 2.41. The zero-order chi connectivity index (χ0) is 16.8. The number of aryl methyl sites for hydroxylation is 1. The van der Waals surface area contributed by atoms with Crippen LogP contribution in [-0.2, 0) is 28.9 Å². The van der Waals surface area contributed by atoms with E-state index in [-0.39, 0.29) is 17.5 Å². The predicted molar refractivity (Wildman–Crippen MR) is 90.9 cm³/mol. The summed E-state index contributed by atoms with van der Waals surface area (Å²) in [7, 11) is 1.32. The van der Waals surface area contributed by atoms with E-state index in [0.29, 0.717) is 11.3 Å². The van der Waals surface area contributed by atoms with Crippen molar-refractivity contribution >= 4 is 27.5 Å². The average molecular weight is 334 g/mol. The quantitative estimate of drug-likeness (QED) is 0.792. The van der Waals surface area contributed by atoms with Gasteiger partial charge in [0.05, 0.1) is 18.8 Å². The minimum absolute atomic E-state index is 0.0898. The van der Waals surface area contributed by atoms with Gasteiger partial charge < -0.3 is 4.74 Å². The standard InChI is InChI=1S/C17H22N2O3S/c1-17(2,3)10-5-6-11-12(7-10)23-15-14(11)16(21)19(9-18-15)8-13(20)22-4/h9-10H,5-8H2,1-4H3. The summed E-state index contributed by atoms with van der Waals surface area (Å²) >= 11 is 1.63. The highest BCUT2D eigenvalue weighted by molar-refractivity contribution is 7.18. The molecule has 0 spiro atoms. The zero-order valence-electron chi connectivity index (χ0n) is 14.0. The largest absolute Gasteiger partial charge is 0.468 e. The summed E-state index contributed by atoms with van der Waals surface area (Å²) in [5.74, 6) is 0.186. The van der Waals surface area contributed by atoms with Crippen LogP contribution in [0.25, 0.3) is 10.2 Å². The Morgan fingerprint density at radius 2 is 2.22 bits per heavy atom. The topological polar surface area (TPSA) is 61.2 Å². The van der Waals surface area contributed by atoms with Crippen LogP contribution in [0.1, 0.15) is 37.6 Å². The lowest BCUT2D eigenvalue weighted by Crippen LogP contribution is -2.28. The molecular formula is C17H22N2O3S. The summed E-state index contributed by atoms with van der Waals surface area (Å²) in [4.78, 5) is 30.6. The lowest BCUT2D eigenvalue weighted by atomic mass is 9.72. The van der Waals surface area contributed by atoms with Crippen LogP contribution in [0.3, 0.4) is 0 Å². The molecule has 0 aliphatic heterocycles. The fourth-order valence-corrected chi connectivity index (χ4v) is 4.51. The first-order valence-electron chi connectivity index (χ1n) is 7.87. The number of hydrogen-bond acceptors (Lipinski definition) is 5. The van der Waals surface area contributed by atoms with E-state index in [1.54, 1.807) is 11.3 Å². The molecule has 1 unspecified atom stereocenters. The number of rotatable bonds is 2. The van der Waals surface area contributed by atoms with E-state index < -0.39 is 5.97 Å². The molecule has 2 aromatic rings. The lowest BCUT2D eigenvalue weighted by molar-refractivity contribution is -0.141.